The molecule has 0 radical (unpaired) electrons. The number of nitrogens with one attached hydrogen (secondary N) is 1. The van der Waals surface area contributed by atoms with Crippen molar-refractivity contribution in [3.05, 3.63) is 0 Å². The second kappa shape index (κ2) is 7.86. The van der Waals surface area contributed by atoms with Crippen LogP contribution in [0.25, 0.3) is 0 Å². The third-order valence-electron chi connectivity index (χ3n) is 3.29. The Morgan fingerprint density at radius 2 is 2.00 bits per heavy atom. The lowest BCUT2D eigenvalue weighted by molar-refractivity contribution is -0.118. The first-order valence-corrected chi connectivity index (χ1v) is 6.55. The number of hydrogen-bond acceptors (Lipinski definition) is 2. The Hall–Kier alpha value is -0.370. The molecule has 2 nitrogen and oxygen atoms in total. The summed E-state index contributed by atoms with van der Waals surface area (Å²) >= 11 is 0. The number of ketones is 1. The third kappa shape index (κ3) is 5.93. The van der Waals surface area contributed by atoms with E-state index in [4.69, 9.17) is 0 Å². The molecular formula is C13H25NO. The van der Waals surface area contributed by atoms with Gasteiger partial charge in [0.1, 0.15) is 5.78 Å². The highest BCUT2D eigenvalue weighted by molar-refractivity contribution is 5.80. The fourth-order valence-corrected chi connectivity index (χ4v) is 2.27. The van der Waals surface area contributed by atoms with Gasteiger partial charge in [0.25, 0.3) is 0 Å². The fraction of sp³-hybridized carbons (Fsp3) is 0.923. The number of Topliss-reactive ketones (excluding diaryl/α,β-unsaturated/α-hetero) is 1. The molecule has 15 heavy (non-hydrogen) atoms. The van der Waals surface area contributed by atoms with E-state index in [9.17, 15) is 4.79 Å². The Balaban J connectivity index is 1.97. The molecule has 0 spiro atoms. The van der Waals surface area contributed by atoms with Crippen LogP contribution in [0.3, 0.4) is 0 Å². The van der Waals surface area contributed by atoms with Crippen molar-refractivity contribution in [2.45, 2.75) is 58.3 Å². The number of rotatable bonds is 7. The lowest BCUT2D eigenvalue weighted by atomic mass is 9.89. The molecule has 0 bridgehead atoms. The zero-order valence-electron chi connectivity index (χ0n) is 10.1. The number of carbonyl (C=O) groups is 1. The van der Waals surface area contributed by atoms with Gasteiger partial charge in [-0.1, -0.05) is 32.6 Å². The second-order valence-electron chi connectivity index (χ2n) is 4.78. The van der Waals surface area contributed by atoms with Crippen molar-refractivity contribution in [1.29, 1.82) is 0 Å². The van der Waals surface area contributed by atoms with Gasteiger partial charge < -0.3 is 5.32 Å². The molecular weight excluding hydrogens is 186 g/mol. The van der Waals surface area contributed by atoms with Gasteiger partial charge in [-0.3, -0.25) is 4.79 Å². The van der Waals surface area contributed by atoms with E-state index in [0.717, 1.165) is 31.7 Å². The lowest BCUT2D eigenvalue weighted by Crippen LogP contribution is -2.29. The fourth-order valence-electron chi connectivity index (χ4n) is 2.27. The largest absolute Gasteiger partial charge is 0.310 e. The van der Waals surface area contributed by atoms with Crippen LogP contribution in [0.15, 0.2) is 0 Å². The minimum atomic E-state index is 0.382. The van der Waals surface area contributed by atoms with Crippen LogP contribution >= 0.6 is 0 Å². The molecule has 0 amide bonds. The summed E-state index contributed by atoms with van der Waals surface area (Å²) in [6.07, 6.45) is 9.82. The SMILES string of the molecule is CCCCC(=O)CNCC1CCCCC1. The highest BCUT2D eigenvalue weighted by Gasteiger charge is 2.12. The molecule has 1 aliphatic rings. The predicted molar refractivity (Wildman–Crippen MR) is 64.0 cm³/mol. The van der Waals surface area contributed by atoms with Crippen LogP contribution in [0.5, 0.6) is 0 Å². The summed E-state index contributed by atoms with van der Waals surface area (Å²) in [5, 5.41) is 3.31. The van der Waals surface area contributed by atoms with Crippen LogP contribution in [0, 0.1) is 5.92 Å². The van der Waals surface area contributed by atoms with Gasteiger partial charge in [0.2, 0.25) is 0 Å². The van der Waals surface area contributed by atoms with Gasteiger partial charge >= 0.3 is 0 Å². The molecule has 1 N–H and O–H groups in total. The van der Waals surface area contributed by atoms with Crippen LogP contribution in [-0.4, -0.2) is 18.9 Å². The summed E-state index contributed by atoms with van der Waals surface area (Å²) in [6, 6.07) is 0. The Labute approximate surface area is 93.8 Å². The van der Waals surface area contributed by atoms with Crippen LogP contribution in [0.1, 0.15) is 58.3 Å². The normalized spacial score (nSPS) is 17.9. The summed E-state index contributed by atoms with van der Waals surface area (Å²) in [5.41, 5.74) is 0. The maximum Gasteiger partial charge on any atom is 0.146 e. The Morgan fingerprint density at radius 3 is 2.67 bits per heavy atom. The maximum absolute atomic E-state index is 11.4. The molecule has 1 rings (SSSR count). The molecule has 2 heteroatoms. The predicted octanol–water partition coefficient (Wildman–Crippen LogP) is 2.92. The third-order valence-corrected chi connectivity index (χ3v) is 3.29. The Bertz CT molecular complexity index is 173. The van der Waals surface area contributed by atoms with Gasteiger partial charge in [-0.05, 0) is 31.7 Å². The summed E-state index contributed by atoms with van der Waals surface area (Å²) < 4.78 is 0. The van der Waals surface area contributed by atoms with Crippen molar-refractivity contribution in [2.75, 3.05) is 13.1 Å². The van der Waals surface area contributed by atoms with Gasteiger partial charge in [-0.2, -0.15) is 0 Å². The van der Waals surface area contributed by atoms with Gasteiger partial charge in [0.05, 0.1) is 6.54 Å². The zero-order valence-corrected chi connectivity index (χ0v) is 10.1. The van der Waals surface area contributed by atoms with Gasteiger partial charge in [0, 0.05) is 6.42 Å². The number of carbonyl (C=O) groups excluding carboxylic acids is 1. The van der Waals surface area contributed by atoms with Crippen molar-refractivity contribution in [3.63, 3.8) is 0 Å². The zero-order chi connectivity index (χ0) is 10.9. The second-order valence-corrected chi connectivity index (χ2v) is 4.78. The Kier molecular flexibility index (Phi) is 6.66. The van der Waals surface area contributed by atoms with E-state index in [2.05, 4.69) is 12.2 Å². The molecule has 1 aliphatic carbocycles. The summed E-state index contributed by atoms with van der Waals surface area (Å²) in [7, 11) is 0. The molecule has 0 heterocycles. The monoisotopic (exact) mass is 211 g/mol. The van der Waals surface area contributed by atoms with E-state index in [1.54, 1.807) is 0 Å². The summed E-state index contributed by atoms with van der Waals surface area (Å²) in [5.74, 6) is 1.21. The molecule has 88 valence electrons. The molecule has 0 aromatic rings. The summed E-state index contributed by atoms with van der Waals surface area (Å²) in [4.78, 5) is 11.4. The highest BCUT2D eigenvalue weighted by Crippen LogP contribution is 2.22. The van der Waals surface area contributed by atoms with Gasteiger partial charge in [-0.15, -0.1) is 0 Å². The van der Waals surface area contributed by atoms with Crippen molar-refractivity contribution in [3.8, 4) is 0 Å². The highest BCUT2D eigenvalue weighted by atomic mass is 16.1. The molecule has 1 fully saturated rings. The number of unbranched alkanes of at least 4 members (excludes halogenated alkanes) is 1. The van der Waals surface area contributed by atoms with E-state index >= 15 is 0 Å². The average Bonchev–Trinajstić information content (AvgIpc) is 2.28. The molecule has 0 aromatic heterocycles. The molecule has 0 atom stereocenters. The van der Waals surface area contributed by atoms with Crippen molar-refractivity contribution in [2.24, 2.45) is 5.92 Å². The van der Waals surface area contributed by atoms with Crippen LogP contribution in [0.2, 0.25) is 0 Å². The molecule has 0 saturated heterocycles. The first-order valence-electron chi connectivity index (χ1n) is 6.55. The topological polar surface area (TPSA) is 29.1 Å². The average molecular weight is 211 g/mol. The number of hydrogen-bond donors (Lipinski definition) is 1. The van der Waals surface area contributed by atoms with E-state index in [-0.39, 0.29) is 0 Å². The molecule has 0 aliphatic heterocycles. The standard InChI is InChI=1S/C13H25NO/c1-2-3-9-13(15)11-14-10-12-7-5-4-6-8-12/h12,14H,2-11H2,1H3. The molecule has 0 unspecified atom stereocenters. The first-order chi connectivity index (χ1) is 7.33. The Morgan fingerprint density at radius 1 is 1.27 bits per heavy atom. The van der Waals surface area contributed by atoms with Crippen molar-refractivity contribution >= 4 is 5.78 Å². The first kappa shape index (κ1) is 12.7. The van der Waals surface area contributed by atoms with E-state index in [0.29, 0.717) is 12.3 Å². The van der Waals surface area contributed by atoms with E-state index in [1.807, 2.05) is 0 Å². The van der Waals surface area contributed by atoms with Crippen molar-refractivity contribution in [1.82, 2.24) is 5.32 Å². The lowest BCUT2D eigenvalue weighted by Gasteiger charge is -2.21. The van der Waals surface area contributed by atoms with Gasteiger partial charge in [0.15, 0.2) is 0 Å². The quantitative estimate of drug-likeness (QED) is 0.701. The molecule has 0 aromatic carbocycles. The smallest absolute Gasteiger partial charge is 0.146 e. The molecule has 1 saturated carbocycles. The van der Waals surface area contributed by atoms with Crippen LogP contribution < -0.4 is 5.32 Å². The van der Waals surface area contributed by atoms with Crippen LogP contribution in [-0.2, 0) is 4.79 Å². The van der Waals surface area contributed by atoms with Crippen molar-refractivity contribution < 1.29 is 4.79 Å². The van der Waals surface area contributed by atoms with E-state index < -0.39 is 0 Å². The summed E-state index contributed by atoms with van der Waals surface area (Å²) in [6.45, 7) is 3.77. The minimum absolute atomic E-state index is 0.382. The van der Waals surface area contributed by atoms with Gasteiger partial charge in [-0.25, -0.2) is 0 Å². The van der Waals surface area contributed by atoms with E-state index in [1.165, 1.54) is 32.1 Å². The van der Waals surface area contributed by atoms with Crippen LogP contribution in [0.4, 0.5) is 0 Å². The minimum Gasteiger partial charge on any atom is -0.310 e. The maximum atomic E-state index is 11.4.